The van der Waals surface area contributed by atoms with Gasteiger partial charge in [0, 0.05) is 41.7 Å². The zero-order chi connectivity index (χ0) is 10.7. The molecule has 1 fully saturated rings. The molecule has 1 saturated heterocycles. The molecule has 3 N–H and O–H groups in total. The number of nitrogens with zero attached hydrogens (tertiary/aromatic N) is 2. The Morgan fingerprint density at radius 3 is 3.27 bits per heavy atom. The molecule has 0 saturated carbocycles. The van der Waals surface area contributed by atoms with Crippen LogP contribution in [0.15, 0.2) is 6.20 Å². The maximum atomic E-state index is 5.30. The monoisotopic (exact) mass is 244 g/mol. The van der Waals surface area contributed by atoms with Crippen molar-refractivity contribution in [1.29, 1.82) is 0 Å². The van der Waals surface area contributed by atoms with E-state index in [1.54, 1.807) is 11.3 Å². The number of nitrogen functional groups attached to an aromatic ring is 1. The standard InChI is InChI=1S/C9H16N4S2/c1-7-6-14-3-2-13(7)5-8-4-11-9(12-10)15-8/h4,7H,2-3,5-6,10H2,1H3,(H,11,12). The van der Waals surface area contributed by atoms with E-state index in [0.29, 0.717) is 6.04 Å². The summed E-state index contributed by atoms with van der Waals surface area (Å²) in [6.45, 7) is 4.46. The Kier molecular flexibility index (Phi) is 3.85. The Morgan fingerprint density at radius 2 is 2.60 bits per heavy atom. The zero-order valence-electron chi connectivity index (χ0n) is 8.77. The highest BCUT2D eigenvalue weighted by Crippen LogP contribution is 2.22. The normalized spacial score (nSPS) is 22.9. The number of hydrogen-bond donors (Lipinski definition) is 2. The molecule has 0 radical (unpaired) electrons. The van der Waals surface area contributed by atoms with E-state index < -0.39 is 0 Å². The van der Waals surface area contributed by atoms with E-state index in [0.717, 1.165) is 11.7 Å². The number of nitrogens with two attached hydrogens (primary N) is 1. The maximum Gasteiger partial charge on any atom is 0.197 e. The number of aromatic nitrogens is 1. The molecule has 15 heavy (non-hydrogen) atoms. The third-order valence-electron chi connectivity index (χ3n) is 2.54. The molecule has 2 rings (SSSR count). The fourth-order valence-corrected chi connectivity index (χ4v) is 3.47. The fourth-order valence-electron chi connectivity index (χ4n) is 1.64. The second kappa shape index (κ2) is 5.16. The van der Waals surface area contributed by atoms with Gasteiger partial charge in [0.1, 0.15) is 0 Å². The molecule has 1 aliphatic rings. The Morgan fingerprint density at radius 1 is 1.73 bits per heavy atom. The topological polar surface area (TPSA) is 54.2 Å². The quantitative estimate of drug-likeness (QED) is 0.621. The van der Waals surface area contributed by atoms with Crippen LogP contribution >= 0.6 is 23.1 Å². The second-order valence-corrected chi connectivity index (χ2v) is 5.94. The Labute approximate surface area is 98.2 Å². The van der Waals surface area contributed by atoms with Crippen LogP contribution in [0, 0.1) is 0 Å². The highest BCUT2D eigenvalue weighted by atomic mass is 32.2. The molecule has 6 heteroatoms. The molecule has 4 nitrogen and oxygen atoms in total. The van der Waals surface area contributed by atoms with Crippen LogP contribution in [-0.4, -0.2) is 34.0 Å². The lowest BCUT2D eigenvalue weighted by Crippen LogP contribution is -2.39. The van der Waals surface area contributed by atoms with Crippen LogP contribution < -0.4 is 11.3 Å². The van der Waals surface area contributed by atoms with Gasteiger partial charge in [-0.05, 0) is 6.92 Å². The third kappa shape index (κ3) is 2.84. The summed E-state index contributed by atoms with van der Waals surface area (Å²) in [5, 5.41) is 0.795. The summed E-state index contributed by atoms with van der Waals surface area (Å²) in [5.41, 5.74) is 2.58. The zero-order valence-corrected chi connectivity index (χ0v) is 10.4. The van der Waals surface area contributed by atoms with Crippen molar-refractivity contribution < 1.29 is 0 Å². The first-order valence-corrected chi connectivity index (χ1v) is 7.00. The van der Waals surface area contributed by atoms with Crippen LogP contribution in [-0.2, 0) is 6.54 Å². The van der Waals surface area contributed by atoms with E-state index in [4.69, 9.17) is 5.84 Å². The van der Waals surface area contributed by atoms with Crippen LogP contribution in [0.1, 0.15) is 11.8 Å². The van der Waals surface area contributed by atoms with Crippen LogP contribution in [0.4, 0.5) is 5.13 Å². The maximum absolute atomic E-state index is 5.30. The summed E-state index contributed by atoms with van der Waals surface area (Å²) >= 11 is 3.67. The van der Waals surface area contributed by atoms with Gasteiger partial charge < -0.3 is 0 Å². The summed E-state index contributed by atoms with van der Waals surface area (Å²) in [4.78, 5) is 7.96. The van der Waals surface area contributed by atoms with E-state index in [1.807, 2.05) is 18.0 Å². The number of rotatable bonds is 3. The van der Waals surface area contributed by atoms with Crippen molar-refractivity contribution in [3.05, 3.63) is 11.1 Å². The molecule has 1 unspecified atom stereocenters. The van der Waals surface area contributed by atoms with Gasteiger partial charge in [-0.25, -0.2) is 10.8 Å². The molecule has 0 aromatic carbocycles. The molecular formula is C9H16N4S2. The predicted molar refractivity (Wildman–Crippen MR) is 67.1 cm³/mol. The summed E-state index contributed by atoms with van der Waals surface area (Å²) in [6, 6.07) is 0.667. The highest BCUT2D eigenvalue weighted by molar-refractivity contribution is 7.99. The minimum absolute atomic E-state index is 0.667. The fraction of sp³-hybridized carbons (Fsp3) is 0.667. The third-order valence-corrected chi connectivity index (χ3v) is 4.64. The number of thiazole rings is 1. The summed E-state index contributed by atoms with van der Waals surface area (Å²) in [6.07, 6.45) is 1.91. The molecule has 1 aromatic heterocycles. The van der Waals surface area contributed by atoms with Gasteiger partial charge in [-0.3, -0.25) is 10.3 Å². The number of thioether (sulfide) groups is 1. The van der Waals surface area contributed by atoms with Gasteiger partial charge in [-0.2, -0.15) is 11.8 Å². The Balaban J connectivity index is 1.95. The van der Waals surface area contributed by atoms with Crippen molar-refractivity contribution in [2.24, 2.45) is 5.84 Å². The summed E-state index contributed by atoms with van der Waals surface area (Å²) in [7, 11) is 0. The van der Waals surface area contributed by atoms with Gasteiger partial charge in [-0.1, -0.05) is 11.3 Å². The molecule has 0 aliphatic carbocycles. The molecule has 0 bridgehead atoms. The van der Waals surface area contributed by atoms with Crippen LogP contribution in [0.2, 0.25) is 0 Å². The molecule has 1 aliphatic heterocycles. The van der Waals surface area contributed by atoms with Gasteiger partial charge in [0.15, 0.2) is 5.13 Å². The second-order valence-electron chi connectivity index (χ2n) is 3.67. The molecule has 0 amide bonds. The largest absolute Gasteiger partial charge is 0.300 e. The first-order chi connectivity index (χ1) is 7.29. The average Bonchev–Trinajstić information content (AvgIpc) is 2.69. The number of hydrogen-bond acceptors (Lipinski definition) is 6. The molecule has 1 atom stereocenters. The van der Waals surface area contributed by atoms with Gasteiger partial charge in [0.2, 0.25) is 0 Å². The van der Waals surface area contributed by atoms with E-state index in [9.17, 15) is 0 Å². The lowest BCUT2D eigenvalue weighted by molar-refractivity contribution is 0.226. The van der Waals surface area contributed by atoms with Gasteiger partial charge in [-0.15, -0.1) is 0 Å². The molecular weight excluding hydrogens is 228 g/mol. The smallest absolute Gasteiger partial charge is 0.197 e. The Hall–Kier alpha value is -0.300. The molecule has 2 heterocycles. The lowest BCUT2D eigenvalue weighted by Gasteiger charge is -2.32. The van der Waals surface area contributed by atoms with Gasteiger partial charge in [0.25, 0.3) is 0 Å². The number of nitrogens with one attached hydrogen (secondary N) is 1. The van der Waals surface area contributed by atoms with Crippen LogP contribution in [0.3, 0.4) is 0 Å². The molecule has 84 valence electrons. The van der Waals surface area contributed by atoms with Crippen molar-refractivity contribution in [2.75, 3.05) is 23.5 Å². The molecule has 0 spiro atoms. The predicted octanol–water partition coefficient (Wildman–Crippen LogP) is 1.37. The Bertz CT molecular complexity index is 315. The summed E-state index contributed by atoms with van der Waals surface area (Å²) < 4.78 is 0. The van der Waals surface area contributed by atoms with Crippen molar-refractivity contribution in [3.63, 3.8) is 0 Å². The average molecular weight is 244 g/mol. The number of hydrazine groups is 1. The minimum Gasteiger partial charge on any atom is -0.300 e. The van der Waals surface area contributed by atoms with Crippen LogP contribution in [0.5, 0.6) is 0 Å². The van der Waals surface area contributed by atoms with Crippen molar-refractivity contribution >= 4 is 28.2 Å². The SMILES string of the molecule is CC1CSCCN1Cc1cnc(NN)s1. The van der Waals surface area contributed by atoms with E-state index in [-0.39, 0.29) is 0 Å². The minimum atomic E-state index is 0.667. The van der Waals surface area contributed by atoms with Crippen molar-refractivity contribution in [2.45, 2.75) is 19.5 Å². The summed E-state index contributed by atoms with van der Waals surface area (Å²) in [5.74, 6) is 7.78. The van der Waals surface area contributed by atoms with Crippen molar-refractivity contribution in [1.82, 2.24) is 9.88 Å². The molecule has 1 aromatic rings. The van der Waals surface area contributed by atoms with Crippen molar-refractivity contribution in [3.8, 4) is 0 Å². The van der Waals surface area contributed by atoms with E-state index in [2.05, 4.69) is 22.2 Å². The number of anilines is 1. The highest BCUT2D eigenvalue weighted by Gasteiger charge is 2.19. The first-order valence-electron chi connectivity index (χ1n) is 5.02. The van der Waals surface area contributed by atoms with E-state index >= 15 is 0 Å². The first kappa shape index (κ1) is 11.2. The van der Waals surface area contributed by atoms with Crippen LogP contribution in [0.25, 0.3) is 0 Å². The van der Waals surface area contributed by atoms with E-state index in [1.165, 1.54) is 22.9 Å². The lowest BCUT2D eigenvalue weighted by atomic mass is 10.3. The van der Waals surface area contributed by atoms with Gasteiger partial charge in [0.05, 0.1) is 0 Å². The van der Waals surface area contributed by atoms with Gasteiger partial charge >= 0.3 is 0 Å².